The average molecular weight is 414 g/mol. The van der Waals surface area contributed by atoms with Crippen molar-refractivity contribution in [3.8, 4) is 5.75 Å². The summed E-state index contributed by atoms with van der Waals surface area (Å²) in [5.41, 5.74) is 1.80. The summed E-state index contributed by atoms with van der Waals surface area (Å²) < 4.78 is 10.1. The number of amides is 2. The number of rotatable bonds is 8. The number of thioether (sulfide) groups is 1. The third kappa shape index (κ3) is 5.99. The first-order valence-electron chi connectivity index (χ1n) is 9.17. The molecule has 7 nitrogen and oxygen atoms in total. The molecule has 8 heteroatoms. The van der Waals surface area contributed by atoms with Gasteiger partial charge in [0, 0.05) is 11.4 Å². The van der Waals surface area contributed by atoms with Crippen LogP contribution in [0.3, 0.4) is 0 Å². The van der Waals surface area contributed by atoms with Crippen LogP contribution in [0, 0.1) is 0 Å². The van der Waals surface area contributed by atoms with E-state index in [2.05, 4.69) is 10.6 Å². The molecular formula is C21H22N2O5S. The quantitative estimate of drug-likeness (QED) is 0.645. The normalized spacial score (nSPS) is 15.1. The Labute approximate surface area is 173 Å². The standard InChI is InChI=1S/C21H22N2O5S/c1-27-15-8-6-14(7-9-15)10-11-22-19(24)13-28-20(25)12-18-21(26)23-16-4-2-3-5-17(16)29-18/h2-9,18H,10-13H2,1H3,(H,22,24)(H,23,26)/t18-/m0/s1. The molecule has 1 aliphatic heterocycles. The summed E-state index contributed by atoms with van der Waals surface area (Å²) in [6.45, 7) is 0.0669. The van der Waals surface area contributed by atoms with E-state index < -0.39 is 11.2 Å². The van der Waals surface area contributed by atoms with E-state index in [-0.39, 0.29) is 24.8 Å². The average Bonchev–Trinajstić information content (AvgIpc) is 2.73. The van der Waals surface area contributed by atoms with Gasteiger partial charge >= 0.3 is 5.97 Å². The number of benzene rings is 2. The van der Waals surface area contributed by atoms with Crippen molar-refractivity contribution >= 4 is 35.2 Å². The Hall–Kier alpha value is -3.00. The Kier molecular flexibility index (Phi) is 7.13. The minimum atomic E-state index is -0.581. The SMILES string of the molecule is COc1ccc(CCNC(=O)COC(=O)C[C@@H]2Sc3ccccc3NC2=O)cc1. The lowest BCUT2D eigenvalue weighted by Gasteiger charge is -2.23. The molecule has 2 N–H and O–H groups in total. The van der Waals surface area contributed by atoms with Gasteiger partial charge in [0.1, 0.15) is 5.75 Å². The van der Waals surface area contributed by atoms with Crippen molar-refractivity contribution < 1.29 is 23.9 Å². The lowest BCUT2D eigenvalue weighted by atomic mass is 10.1. The molecule has 0 saturated carbocycles. The van der Waals surface area contributed by atoms with E-state index >= 15 is 0 Å². The summed E-state index contributed by atoms with van der Waals surface area (Å²) in [5.74, 6) is -0.423. The second kappa shape index (κ2) is 9.97. The largest absolute Gasteiger partial charge is 0.497 e. The number of ether oxygens (including phenoxy) is 2. The van der Waals surface area contributed by atoms with E-state index in [1.807, 2.05) is 48.5 Å². The molecule has 0 aromatic heterocycles. The number of nitrogens with one attached hydrogen (secondary N) is 2. The van der Waals surface area contributed by atoms with Gasteiger partial charge in [-0.3, -0.25) is 14.4 Å². The van der Waals surface area contributed by atoms with Gasteiger partial charge in [-0.25, -0.2) is 0 Å². The highest BCUT2D eigenvalue weighted by molar-refractivity contribution is 8.01. The second-order valence-corrected chi connectivity index (χ2v) is 7.65. The number of anilines is 1. The number of carbonyl (C=O) groups is 3. The maximum absolute atomic E-state index is 12.1. The van der Waals surface area contributed by atoms with Crippen LogP contribution in [0.2, 0.25) is 0 Å². The van der Waals surface area contributed by atoms with Gasteiger partial charge in [0.05, 0.1) is 24.5 Å². The Morgan fingerprint density at radius 3 is 2.66 bits per heavy atom. The molecular weight excluding hydrogens is 392 g/mol. The van der Waals surface area contributed by atoms with Crippen LogP contribution in [-0.2, 0) is 25.5 Å². The molecule has 0 spiro atoms. The number of para-hydroxylation sites is 1. The third-order valence-electron chi connectivity index (χ3n) is 4.32. The van der Waals surface area contributed by atoms with Crippen molar-refractivity contribution in [3.05, 3.63) is 54.1 Å². The predicted molar refractivity (Wildman–Crippen MR) is 110 cm³/mol. The second-order valence-electron chi connectivity index (χ2n) is 6.40. The fourth-order valence-corrected chi connectivity index (χ4v) is 3.87. The summed E-state index contributed by atoms with van der Waals surface area (Å²) in [7, 11) is 1.61. The lowest BCUT2D eigenvalue weighted by molar-refractivity contribution is -0.149. The van der Waals surface area contributed by atoms with E-state index in [0.717, 1.165) is 21.9 Å². The first-order valence-corrected chi connectivity index (χ1v) is 10.0. The van der Waals surface area contributed by atoms with Crippen molar-refractivity contribution in [2.24, 2.45) is 0 Å². The molecule has 2 amide bonds. The van der Waals surface area contributed by atoms with Crippen molar-refractivity contribution in [3.63, 3.8) is 0 Å². The molecule has 0 saturated heterocycles. The molecule has 2 aromatic carbocycles. The van der Waals surface area contributed by atoms with Crippen LogP contribution in [0.15, 0.2) is 53.4 Å². The topological polar surface area (TPSA) is 93.7 Å². The molecule has 0 unspecified atom stereocenters. The summed E-state index contributed by atoms with van der Waals surface area (Å²) >= 11 is 1.32. The van der Waals surface area contributed by atoms with Crippen molar-refractivity contribution in [1.82, 2.24) is 5.32 Å². The van der Waals surface area contributed by atoms with Gasteiger partial charge in [-0.15, -0.1) is 11.8 Å². The minimum absolute atomic E-state index is 0.0933. The highest BCUT2D eigenvalue weighted by Gasteiger charge is 2.29. The maximum Gasteiger partial charge on any atom is 0.307 e. The van der Waals surface area contributed by atoms with Crippen molar-refractivity contribution in [1.29, 1.82) is 0 Å². The number of methoxy groups -OCH3 is 1. The van der Waals surface area contributed by atoms with Gasteiger partial charge < -0.3 is 20.1 Å². The van der Waals surface area contributed by atoms with Gasteiger partial charge in [-0.05, 0) is 36.2 Å². The van der Waals surface area contributed by atoms with E-state index in [9.17, 15) is 14.4 Å². The summed E-state index contributed by atoms with van der Waals surface area (Å²) in [4.78, 5) is 36.9. The number of esters is 1. The zero-order valence-corrected chi connectivity index (χ0v) is 16.8. The Bertz CT molecular complexity index is 885. The third-order valence-corrected chi connectivity index (χ3v) is 5.59. The van der Waals surface area contributed by atoms with Crippen LogP contribution in [0.1, 0.15) is 12.0 Å². The Morgan fingerprint density at radius 2 is 1.90 bits per heavy atom. The Morgan fingerprint density at radius 1 is 1.14 bits per heavy atom. The predicted octanol–water partition coefficient (Wildman–Crippen LogP) is 2.40. The van der Waals surface area contributed by atoms with Crippen molar-refractivity contribution in [2.75, 3.05) is 25.6 Å². The molecule has 3 rings (SSSR count). The van der Waals surface area contributed by atoms with E-state index in [1.165, 1.54) is 11.8 Å². The number of hydrogen-bond donors (Lipinski definition) is 2. The van der Waals surface area contributed by atoms with Crippen molar-refractivity contribution in [2.45, 2.75) is 23.0 Å². The fraction of sp³-hybridized carbons (Fsp3) is 0.286. The van der Waals surface area contributed by atoms with Crippen LogP contribution in [0.5, 0.6) is 5.75 Å². The van der Waals surface area contributed by atoms with Gasteiger partial charge in [-0.2, -0.15) is 0 Å². The number of hydrogen-bond acceptors (Lipinski definition) is 6. The fourth-order valence-electron chi connectivity index (χ4n) is 2.77. The number of fused-ring (bicyclic) bond motifs is 1. The molecule has 1 aliphatic rings. The minimum Gasteiger partial charge on any atom is -0.497 e. The maximum atomic E-state index is 12.1. The molecule has 0 bridgehead atoms. The first-order chi connectivity index (χ1) is 14.0. The van der Waals surface area contributed by atoms with Crippen LogP contribution >= 0.6 is 11.8 Å². The molecule has 0 aliphatic carbocycles. The van der Waals surface area contributed by atoms with Crippen LogP contribution in [0.25, 0.3) is 0 Å². The zero-order chi connectivity index (χ0) is 20.6. The van der Waals surface area contributed by atoms with Gasteiger partial charge in [-0.1, -0.05) is 24.3 Å². The first kappa shape index (κ1) is 20.7. The monoisotopic (exact) mass is 414 g/mol. The van der Waals surface area contributed by atoms with Crippen LogP contribution in [0.4, 0.5) is 5.69 Å². The molecule has 0 fully saturated rings. The molecule has 1 atom stereocenters. The highest BCUT2D eigenvalue weighted by atomic mass is 32.2. The number of carbonyl (C=O) groups excluding carboxylic acids is 3. The summed E-state index contributed by atoms with van der Waals surface area (Å²) in [5, 5.41) is 4.91. The molecule has 29 heavy (non-hydrogen) atoms. The van der Waals surface area contributed by atoms with Crippen LogP contribution in [-0.4, -0.2) is 43.3 Å². The smallest absolute Gasteiger partial charge is 0.307 e. The molecule has 1 heterocycles. The zero-order valence-electron chi connectivity index (χ0n) is 16.0. The van der Waals surface area contributed by atoms with Crippen LogP contribution < -0.4 is 15.4 Å². The van der Waals surface area contributed by atoms with E-state index in [0.29, 0.717) is 13.0 Å². The van der Waals surface area contributed by atoms with E-state index in [1.54, 1.807) is 7.11 Å². The molecule has 152 valence electrons. The van der Waals surface area contributed by atoms with Gasteiger partial charge in [0.2, 0.25) is 5.91 Å². The Balaban J connectivity index is 1.36. The van der Waals surface area contributed by atoms with E-state index in [4.69, 9.17) is 9.47 Å². The van der Waals surface area contributed by atoms with Gasteiger partial charge in [0.15, 0.2) is 6.61 Å². The molecule has 2 aromatic rings. The summed E-state index contributed by atoms with van der Waals surface area (Å²) in [6.07, 6.45) is 0.561. The highest BCUT2D eigenvalue weighted by Crippen LogP contribution is 2.36. The lowest BCUT2D eigenvalue weighted by Crippen LogP contribution is -2.33. The molecule has 0 radical (unpaired) electrons. The summed E-state index contributed by atoms with van der Waals surface area (Å²) in [6, 6.07) is 15.0. The van der Waals surface area contributed by atoms with Gasteiger partial charge in [0.25, 0.3) is 5.91 Å².